The largest absolute Gasteiger partial charge is 0.497 e. The van der Waals surface area contributed by atoms with Gasteiger partial charge in [0.25, 0.3) is 0 Å². The molecule has 0 aliphatic rings. The van der Waals surface area contributed by atoms with Gasteiger partial charge in [-0.2, -0.15) is 0 Å². The Balaban J connectivity index is 2.16. The predicted octanol–water partition coefficient (Wildman–Crippen LogP) is 3.55. The van der Waals surface area contributed by atoms with Gasteiger partial charge in [0.05, 0.1) is 23.7 Å². The first-order valence-corrected chi connectivity index (χ1v) is 6.88. The zero-order valence-corrected chi connectivity index (χ0v) is 12.6. The van der Waals surface area contributed by atoms with Crippen molar-refractivity contribution in [1.29, 1.82) is 0 Å². The summed E-state index contributed by atoms with van der Waals surface area (Å²) >= 11 is 0. The van der Waals surface area contributed by atoms with E-state index in [1.165, 1.54) is 0 Å². The number of methoxy groups -OCH3 is 1. The van der Waals surface area contributed by atoms with Crippen molar-refractivity contribution in [2.24, 2.45) is 0 Å². The van der Waals surface area contributed by atoms with Crippen molar-refractivity contribution >= 4 is 17.0 Å². The maximum atomic E-state index is 11.1. The summed E-state index contributed by atoms with van der Waals surface area (Å²) < 4.78 is 5.27. The molecule has 0 bridgehead atoms. The molecule has 0 saturated heterocycles. The summed E-state index contributed by atoms with van der Waals surface area (Å²) in [6, 6.07) is 8.79. The second-order valence-corrected chi connectivity index (χ2v) is 5.26. The molecule has 0 fully saturated rings. The maximum Gasteiger partial charge on any atom is 0.335 e. The van der Waals surface area contributed by atoms with Crippen LogP contribution in [0.4, 0.5) is 0 Å². The molecule has 1 aromatic heterocycles. The van der Waals surface area contributed by atoms with Crippen molar-refractivity contribution in [2.75, 3.05) is 7.11 Å². The number of aryl methyl sites for hydroxylation is 2. The van der Waals surface area contributed by atoms with Crippen LogP contribution >= 0.6 is 0 Å². The molecule has 3 aromatic rings. The standard InChI is InChI=1S/C17H16N2O3/c1-9-6-12(22-3)7-10(2)15(9)16-18-13-5-4-11(17(20)21)8-14(13)19-16/h4-8H,1-3H3,(H,18,19)(H,20,21). The number of benzene rings is 2. The number of rotatable bonds is 3. The summed E-state index contributed by atoms with van der Waals surface area (Å²) in [6.45, 7) is 4.00. The lowest BCUT2D eigenvalue weighted by Crippen LogP contribution is -1.94. The van der Waals surface area contributed by atoms with Gasteiger partial charge in [-0.15, -0.1) is 0 Å². The first-order chi connectivity index (χ1) is 10.5. The molecule has 0 atom stereocenters. The molecule has 5 nitrogen and oxygen atoms in total. The predicted molar refractivity (Wildman–Crippen MR) is 84.5 cm³/mol. The fourth-order valence-electron chi connectivity index (χ4n) is 2.68. The van der Waals surface area contributed by atoms with Gasteiger partial charge in [-0.25, -0.2) is 9.78 Å². The Hall–Kier alpha value is -2.82. The third kappa shape index (κ3) is 2.30. The maximum absolute atomic E-state index is 11.1. The fraction of sp³-hybridized carbons (Fsp3) is 0.176. The molecule has 0 amide bonds. The number of aromatic amines is 1. The first-order valence-electron chi connectivity index (χ1n) is 6.88. The molecule has 0 spiro atoms. The third-order valence-corrected chi connectivity index (χ3v) is 3.71. The number of hydrogen-bond acceptors (Lipinski definition) is 3. The number of fused-ring (bicyclic) bond motifs is 1. The Morgan fingerprint density at radius 3 is 2.45 bits per heavy atom. The second kappa shape index (κ2) is 5.18. The molecule has 0 unspecified atom stereocenters. The van der Waals surface area contributed by atoms with Gasteiger partial charge in [0.2, 0.25) is 0 Å². The van der Waals surface area contributed by atoms with Gasteiger partial charge in [-0.05, 0) is 55.3 Å². The molecule has 1 heterocycles. The highest BCUT2D eigenvalue weighted by molar-refractivity contribution is 5.93. The average molecular weight is 296 g/mol. The van der Waals surface area contributed by atoms with E-state index in [0.29, 0.717) is 5.52 Å². The number of H-pyrrole nitrogens is 1. The van der Waals surface area contributed by atoms with Gasteiger partial charge >= 0.3 is 5.97 Å². The monoisotopic (exact) mass is 296 g/mol. The van der Waals surface area contributed by atoms with Crippen molar-refractivity contribution in [3.8, 4) is 17.1 Å². The van der Waals surface area contributed by atoms with Crippen LogP contribution in [-0.4, -0.2) is 28.2 Å². The quantitative estimate of drug-likeness (QED) is 0.775. The first kappa shape index (κ1) is 14.1. The summed E-state index contributed by atoms with van der Waals surface area (Å²) in [5.41, 5.74) is 4.81. The van der Waals surface area contributed by atoms with E-state index in [1.807, 2.05) is 26.0 Å². The summed E-state index contributed by atoms with van der Waals surface area (Å²) in [5.74, 6) is 0.591. The number of carbonyl (C=O) groups is 1. The zero-order chi connectivity index (χ0) is 15.9. The third-order valence-electron chi connectivity index (χ3n) is 3.71. The summed E-state index contributed by atoms with van der Waals surface area (Å²) in [5, 5.41) is 9.07. The highest BCUT2D eigenvalue weighted by Crippen LogP contribution is 2.30. The van der Waals surface area contributed by atoms with E-state index in [1.54, 1.807) is 25.3 Å². The number of carboxylic acids is 1. The smallest absolute Gasteiger partial charge is 0.335 e. The SMILES string of the molecule is COc1cc(C)c(-c2nc3ccc(C(=O)O)cc3[nH]2)c(C)c1. The molecule has 2 N–H and O–H groups in total. The van der Waals surface area contributed by atoms with Crippen LogP contribution in [0.5, 0.6) is 5.75 Å². The molecular weight excluding hydrogens is 280 g/mol. The van der Waals surface area contributed by atoms with Crippen LogP contribution in [0.3, 0.4) is 0 Å². The Labute approximate surface area is 127 Å². The Morgan fingerprint density at radius 2 is 1.86 bits per heavy atom. The zero-order valence-electron chi connectivity index (χ0n) is 12.6. The number of nitrogens with one attached hydrogen (secondary N) is 1. The molecule has 0 radical (unpaired) electrons. The minimum atomic E-state index is -0.949. The van der Waals surface area contributed by atoms with E-state index in [2.05, 4.69) is 9.97 Å². The van der Waals surface area contributed by atoms with Crippen LogP contribution in [0.15, 0.2) is 30.3 Å². The number of hydrogen-bond donors (Lipinski definition) is 2. The van der Waals surface area contributed by atoms with Gasteiger partial charge in [0, 0.05) is 5.56 Å². The number of carboxylic acid groups (broad SMARTS) is 1. The molecule has 0 aliphatic carbocycles. The molecule has 0 aliphatic heterocycles. The van der Waals surface area contributed by atoms with Gasteiger partial charge in [0.15, 0.2) is 0 Å². The Morgan fingerprint density at radius 1 is 1.18 bits per heavy atom. The van der Waals surface area contributed by atoms with E-state index in [-0.39, 0.29) is 5.56 Å². The molecule has 5 heteroatoms. The van der Waals surface area contributed by atoms with Gasteiger partial charge in [-0.3, -0.25) is 0 Å². The lowest BCUT2D eigenvalue weighted by molar-refractivity contribution is 0.0697. The second-order valence-electron chi connectivity index (χ2n) is 5.26. The van der Waals surface area contributed by atoms with Crippen molar-refractivity contribution < 1.29 is 14.6 Å². The van der Waals surface area contributed by atoms with Crippen LogP contribution in [0.25, 0.3) is 22.4 Å². The summed E-state index contributed by atoms with van der Waals surface area (Å²) in [6.07, 6.45) is 0. The summed E-state index contributed by atoms with van der Waals surface area (Å²) in [7, 11) is 1.64. The lowest BCUT2D eigenvalue weighted by atomic mass is 10.0. The van der Waals surface area contributed by atoms with Gasteiger partial charge in [0.1, 0.15) is 11.6 Å². The molecule has 3 rings (SSSR count). The van der Waals surface area contributed by atoms with Crippen molar-refractivity contribution in [3.63, 3.8) is 0 Å². The number of nitrogens with zero attached hydrogens (tertiary/aromatic N) is 1. The minimum Gasteiger partial charge on any atom is -0.497 e. The number of ether oxygens (including phenoxy) is 1. The van der Waals surface area contributed by atoms with Crippen LogP contribution in [-0.2, 0) is 0 Å². The van der Waals surface area contributed by atoms with Crippen LogP contribution in [0, 0.1) is 13.8 Å². The minimum absolute atomic E-state index is 0.242. The van der Waals surface area contributed by atoms with Crippen molar-refractivity contribution in [3.05, 3.63) is 47.0 Å². The van der Waals surface area contributed by atoms with E-state index in [0.717, 1.165) is 33.8 Å². The fourth-order valence-corrected chi connectivity index (χ4v) is 2.68. The van der Waals surface area contributed by atoms with E-state index < -0.39 is 5.97 Å². The highest BCUT2D eigenvalue weighted by Gasteiger charge is 2.13. The number of imidazole rings is 1. The topological polar surface area (TPSA) is 75.2 Å². The van der Waals surface area contributed by atoms with Crippen LogP contribution < -0.4 is 4.74 Å². The Kier molecular flexibility index (Phi) is 3.33. The normalized spacial score (nSPS) is 10.9. The molecule has 22 heavy (non-hydrogen) atoms. The molecule has 0 saturated carbocycles. The van der Waals surface area contributed by atoms with Crippen molar-refractivity contribution in [2.45, 2.75) is 13.8 Å². The van der Waals surface area contributed by atoms with Crippen LogP contribution in [0.2, 0.25) is 0 Å². The Bertz CT molecular complexity index is 858. The van der Waals surface area contributed by atoms with E-state index in [4.69, 9.17) is 9.84 Å². The lowest BCUT2D eigenvalue weighted by Gasteiger charge is -2.09. The van der Waals surface area contributed by atoms with Crippen molar-refractivity contribution in [1.82, 2.24) is 9.97 Å². The van der Waals surface area contributed by atoms with E-state index >= 15 is 0 Å². The molecular formula is C17H16N2O3. The van der Waals surface area contributed by atoms with Gasteiger partial charge < -0.3 is 14.8 Å². The van der Waals surface area contributed by atoms with Gasteiger partial charge in [-0.1, -0.05) is 0 Å². The van der Waals surface area contributed by atoms with Crippen LogP contribution in [0.1, 0.15) is 21.5 Å². The average Bonchev–Trinajstić information content (AvgIpc) is 2.88. The van der Waals surface area contributed by atoms with E-state index in [9.17, 15) is 4.79 Å². The molecule has 112 valence electrons. The number of aromatic carboxylic acids is 1. The highest BCUT2D eigenvalue weighted by atomic mass is 16.5. The molecule has 2 aromatic carbocycles. The number of aromatic nitrogens is 2. The summed E-state index contributed by atoms with van der Waals surface area (Å²) in [4.78, 5) is 18.8.